The highest BCUT2D eigenvalue weighted by molar-refractivity contribution is 6.02. The number of ether oxygens (including phenoxy) is 1. The first kappa shape index (κ1) is 21.6. The molecular formula is C26H31N3O4. The Morgan fingerprint density at radius 2 is 2.03 bits per heavy atom. The van der Waals surface area contributed by atoms with Crippen LogP contribution in [0.4, 0.5) is 0 Å². The van der Waals surface area contributed by atoms with E-state index in [0.29, 0.717) is 29.5 Å². The molecule has 1 fully saturated rings. The number of hydrogen-bond acceptors (Lipinski definition) is 4. The number of carbonyl (C=O) groups excluding carboxylic acids is 2. The number of nitrogens with one attached hydrogen (secondary N) is 1. The molecule has 33 heavy (non-hydrogen) atoms. The van der Waals surface area contributed by atoms with Crippen molar-refractivity contribution in [1.82, 2.24) is 14.8 Å². The van der Waals surface area contributed by atoms with Crippen LogP contribution in [0.25, 0.3) is 11.1 Å². The number of amides is 2. The van der Waals surface area contributed by atoms with Gasteiger partial charge in [-0.3, -0.25) is 9.59 Å². The summed E-state index contributed by atoms with van der Waals surface area (Å²) in [6.45, 7) is 4.71. The van der Waals surface area contributed by atoms with Crippen LogP contribution in [0.1, 0.15) is 55.6 Å². The van der Waals surface area contributed by atoms with Crippen LogP contribution in [0.2, 0.25) is 0 Å². The van der Waals surface area contributed by atoms with Crippen LogP contribution < -0.4 is 10.1 Å². The van der Waals surface area contributed by atoms with Crippen molar-refractivity contribution in [3.05, 3.63) is 53.9 Å². The molecule has 0 saturated heterocycles. The molecule has 1 saturated carbocycles. The smallest absolute Gasteiger partial charge is 0.271 e. The molecular weight excluding hydrogens is 418 g/mol. The highest BCUT2D eigenvalue weighted by Gasteiger charge is 2.48. The lowest BCUT2D eigenvalue weighted by atomic mass is 9.85. The molecule has 2 aromatic heterocycles. The molecule has 7 nitrogen and oxygen atoms in total. The Bertz CT molecular complexity index is 1200. The maximum Gasteiger partial charge on any atom is 0.271 e. The second-order valence-corrected chi connectivity index (χ2v) is 9.60. The van der Waals surface area contributed by atoms with E-state index in [1.54, 1.807) is 24.3 Å². The van der Waals surface area contributed by atoms with Crippen LogP contribution in [0.5, 0.6) is 5.75 Å². The van der Waals surface area contributed by atoms with Crippen molar-refractivity contribution in [2.24, 2.45) is 5.92 Å². The van der Waals surface area contributed by atoms with Crippen LogP contribution in [0, 0.1) is 5.92 Å². The Labute approximate surface area is 193 Å². The van der Waals surface area contributed by atoms with Crippen LogP contribution in [0.3, 0.4) is 0 Å². The molecule has 3 unspecified atom stereocenters. The molecule has 1 aliphatic heterocycles. The zero-order chi connectivity index (χ0) is 23.2. The second kappa shape index (κ2) is 8.28. The first-order valence-electron chi connectivity index (χ1n) is 11.7. The van der Waals surface area contributed by atoms with Crippen molar-refractivity contribution < 1.29 is 18.7 Å². The van der Waals surface area contributed by atoms with Gasteiger partial charge in [0.15, 0.2) is 5.58 Å². The zero-order valence-corrected chi connectivity index (χ0v) is 19.5. The SMILES string of the molecule is COc1ccccc1CN1C(=O)c2cc3occc3n2CC1(C)C(=O)NC1CCCCC1C. The Balaban J connectivity index is 1.55. The van der Waals surface area contributed by atoms with Crippen molar-refractivity contribution in [3.63, 3.8) is 0 Å². The van der Waals surface area contributed by atoms with Gasteiger partial charge in [0.05, 0.1) is 32.0 Å². The number of aromatic nitrogens is 1. The molecule has 0 spiro atoms. The second-order valence-electron chi connectivity index (χ2n) is 9.60. The molecule has 3 heterocycles. The quantitative estimate of drug-likeness (QED) is 0.628. The fourth-order valence-corrected chi connectivity index (χ4v) is 5.38. The van der Waals surface area contributed by atoms with E-state index in [9.17, 15) is 9.59 Å². The molecule has 1 N–H and O–H groups in total. The van der Waals surface area contributed by atoms with Gasteiger partial charge in [-0.2, -0.15) is 0 Å². The number of nitrogens with zero attached hydrogens (tertiary/aromatic N) is 2. The normalized spacial score (nSPS) is 25.2. The first-order chi connectivity index (χ1) is 15.9. The van der Waals surface area contributed by atoms with E-state index in [0.717, 1.165) is 30.3 Å². The highest BCUT2D eigenvalue weighted by atomic mass is 16.5. The minimum absolute atomic E-state index is 0.111. The van der Waals surface area contributed by atoms with Crippen LogP contribution in [-0.4, -0.2) is 40.0 Å². The van der Waals surface area contributed by atoms with Gasteiger partial charge in [0.2, 0.25) is 5.91 Å². The molecule has 3 atom stereocenters. The van der Waals surface area contributed by atoms with Crippen LogP contribution in [-0.2, 0) is 17.9 Å². The molecule has 3 aromatic rings. The summed E-state index contributed by atoms with van der Waals surface area (Å²) in [6, 6.07) is 11.4. The summed E-state index contributed by atoms with van der Waals surface area (Å²) in [5.41, 5.74) is 1.82. The molecule has 174 valence electrons. The molecule has 0 bridgehead atoms. The third-order valence-corrected chi connectivity index (χ3v) is 7.49. The van der Waals surface area contributed by atoms with Gasteiger partial charge in [-0.15, -0.1) is 0 Å². The van der Waals surface area contributed by atoms with E-state index < -0.39 is 5.54 Å². The summed E-state index contributed by atoms with van der Waals surface area (Å²) in [5, 5.41) is 3.31. The van der Waals surface area contributed by atoms with Crippen molar-refractivity contribution in [2.45, 2.75) is 64.2 Å². The Morgan fingerprint density at radius 1 is 1.24 bits per heavy atom. The largest absolute Gasteiger partial charge is 0.496 e. The van der Waals surface area contributed by atoms with E-state index in [-0.39, 0.29) is 24.4 Å². The van der Waals surface area contributed by atoms with Gasteiger partial charge in [-0.25, -0.2) is 0 Å². The monoisotopic (exact) mass is 449 g/mol. The summed E-state index contributed by atoms with van der Waals surface area (Å²) in [6.07, 6.45) is 6.03. The van der Waals surface area contributed by atoms with Gasteiger partial charge < -0.3 is 23.9 Å². The molecule has 0 radical (unpaired) electrons. The van der Waals surface area contributed by atoms with Gasteiger partial charge in [0.1, 0.15) is 17.0 Å². The number of para-hydroxylation sites is 1. The number of fused-ring (bicyclic) bond motifs is 3. The number of rotatable bonds is 5. The molecule has 1 aromatic carbocycles. The Kier molecular flexibility index (Phi) is 5.43. The average Bonchev–Trinajstić information content (AvgIpc) is 3.41. The van der Waals surface area contributed by atoms with Crippen molar-refractivity contribution >= 4 is 22.9 Å². The lowest BCUT2D eigenvalue weighted by Gasteiger charge is -2.45. The predicted molar refractivity (Wildman–Crippen MR) is 125 cm³/mol. The fourth-order valence-electron chi connectivity index (χ4n) is 5.38. The van der Waals surface area contributed by atoms with Crippen molar-refractivity contribution in [1.29, 1.82) is 0 Å². The summed E-state index contributed by atoms with van der Waals surface area (Å²) in [4.78, 5) is 29.4. The minimum Gasteiger partial charge on any atom is -0.496 e. The van der Waals surface area contributed by atoms with E-state index in [2.05, 4.69) is 12.2 Å². The molecule has 7 heteroatoms. The van der Waals surface area contributed by atoms with E-state index in [1.165, 1.54) is 6.42 Å². The minimum atomic E-state index is -1.06. The summed E-state index contributed by atoms with van der Waals surface area (Å²) in [5.74, 6) is 0.827. The van der Waals surface area contributed by atoms with E-state index >= 15 is 0 Å². The summed E-state index contributed by atoms with van der Waals surface area (Å²) < 4.78 is 13.0. The van der Waals surface area contributed by atoms with Gasteiger partial charge in [0, 0.05) is 23.7 Å². The molecule has 2 amide bonds. The molecule has 5 rings (SSSR count). The zero-order valence-electron chi connectivity index (χ0n) is 19.5. The predicted octanol–water partition coefficient (Wildman–Crippen LogP) is 4.35. The average molecular weight is 450 g/mol. The maximum atomic E-state index is 13.9. The maximum absolute atomic E-state index is 13.9. The third kappa shape index (κ3) is 3.59. The Hall–Kier alpha value is -3.22. The van der Waals surface area contributed by atoms with Crippen LogP contribution >= 0.6 is 0 Å². The van der Waals surface area contributed by atoms with Gasteiger partial charge in [-0.05, 0) is 31.7 Å². The number of methoxy groups -OCH3 is 1. The van der Waals surface area contributed by atoms with Crippen molar-refractivity contribution in [3.8, 4) is 5.75 Å². The summed E-state index contributed by atoms with van der Waals surface area (Å²) >= 11 is 0. The topological polar surface area (TPSA) is 76.7 Å². The van der Waals surface area contributed by atoms with E-state index in [4.69, 9.17) is 9.15 Å². The number of benzene rings is 1. The van der Waals surface area contributed by atoms with Crippen molar-refractivity contribution in [2.75, 3.05) is 7.11 Å². The highest BCUT2D eigenvalue weighted by Crippen LogP contribution is 2.35. The van der Waals surface area contributed by atoms with Gasteiger partial charge in [0.25, 0.3) is 5.91 Å². The third-order valence-electron chi connectivity index (χ3n) is 7.49. The number of carbonyl (C=O) groups is 2. The van der Waals surface area contributed by atoms with E-state index in [1.807, 2.05) is 41.8 Å². The lowest BCUT2D eigenvalue weighted by Crippen LogP contribution is -2.65. The number of furan rings is 1. The standard InChI is InChI=1S/C26H31N3O4/c1-17-8-4-6-10-19(17)27-25(31)26(2)16-28-20-12-13-33-23(20)14-21(28)24(30)29(26)15-18-9-5-7-11-22(18)32-3/h5,7,9,11-14,17,19H,4,6,8,10,15-16H2,1-3H3,(H,27,31). The fraction of sp³-hybridized carbons (Fsp3) is 0.462. The number of hydrogen-bond donors (Lipinski definition) is 1. The van der Waals surface area contributed by atoms with Gasteiger partial charge in [-0.1, -0.05) is 38.0 Å². The van der Waals surface area contributed by atoms with Gasteiger partial charge >= 0.3 is 0 Å². The molecule has 2 aliphatic rings. The first-order valence-corrected chi connectivity index (χ1v) is 11.7. The summed E-state index contributed by atoms with van der Waals surface area (Å²) in [7, 11) is 1.62. The van der Waals surface area contributed by atoms with Crippen LogP contribution in [0.15, 0.2) is 47.1 Å². The Morgan fingerprint density at radius 3 is 2.82 bits per heavy atom. The lowest BCUT2D eigenvalue weighted by molar-refractivity contribution is -0.134. The molecule has 1 aliphatic carbocycles.